The minimum absolute atomic E-state index is 0.0258. The molecule has 2 rings (SSSR count). The van der Waals surface area contributed by atoms with Crippen LogP contribution in [-0.4, -0.2) is 44.9 Å². The lowest BCUT2D eigenvalue weighted by molar-refractivity contribution is -0.384. The van der Waals surface area contributed by atoms with Gasteiger partial charge in [0.05, 0.1) is 4.92 Å². The molecular formula is C15H15N3O5S. The van der Waals surface area contributed by atoms with E-state index in [4.69, 9.17) is 5.11 Å². The quantitative estimate of drug-likeness (QED) is 0.607. The number of aromatic nitrogens is 1. The molecule has 24 heavy (non-hydrogen) atoms. The maximum Gasteiger partial charge on any atom is 0.323 e. The number of carboxylic acid groups (broad SMARTS) is 1. The van der Waals surface area contributed by atoms with E-state index >= 15 is 0 Å². The summed E-state index contributed by atoms with van der Waals surface area (Å²) in [7, 11) is 0. The van der Waals surface area contributed by atoms with E-state index in [-0.39, 0.29) is 17.9 Å². The molecule has 0 aliphatic rings. The SMILES string of the molecule is CCCN(CC(=O)O)C(=O)c1csc(-c2ccc([N+](=O)[O-])cc2)n1. The lowest BCUT2D eigenvalue weighted by atomic mass is 10.2. The van der Waals surface area contributed by atoms with Gasteiger partial charge in [0.2, 0.25) is 0 Å². The Hall–Kier alpha value is -2.81. The third-order valence-electron chi connectivity index (χ3n) is 3.16. The minimum atomic E-state index is -1.08. The van der Waals surface area contributed by atoms with E-state index in [2.05, 4.69) is 4.98 Å². The van der Waals surface area contributed by atoms with Crippen molar-refractivity contribution >= 4 is 28.9 Å². The molecule has 0 fully saturated rings. The highest BCUT2D eigenvalue weighted by Gasteiger charge is 2.20. The highest BCUT2D eigenvalue weighted by Crippen LogP contribution is 2.26. The lowest BCUT2D eigenvalue weighted by Gasteiger charge is -2.18. The largest absolute Gasteiger partial charge is 0.480 e. The number of nitrogens with zero attached hydrogens (tertiary/aromatic N) is 3. The normalized spacial score (nSPS) is 10.4. The van der Waals surface area contributed by atoms with Crippen LogP contribution in [0.3, 0.4) is 0 Å². The van der Waals surface area contributed by atoms with E-state index in [1.54, 1.807) is 17.5 Å². The van der Waals surface area contributed by atoms with Crippen LogP contribution in [0.4, 0.5) is 5.69 Å². The Kier molecular flexibility index (Phi) is 5.59. The summed E-state index contributed by atoms with van der Waals surface area (Å²) in [5, 5.41) is 21.7. The number of rotatable bonds is 7. The van der Waals surface area contributed by atoms with Crippen molar-refractivity contribution in [2.24, 2.45) is 0 Å². The molecule has 0 atom stereocenters. The van der Waals surface area contributed by atoms with Crippen LogP contribution in [0.1, 0.15) is 23.8 Å². The molecule has 126 valence electrons. The third kappa shape index (κ3) is 4.13. The number of thiazole rings is 1. The van der Waals surface area contributed by atoms with E-state index in [9.17, 15) is 19.7 Å². The van der Waals surface area contributed by atoms with Gasteiger partial charge in [-0.2, -0.15) is 0 Å². The van der Waals surface area contributed by atoms with Crippen molar-refractivity contribution in [3.8, 4) is 10.6 Å². The number of amides is 1. The summed E-state index contributed by atoms with van der Waals surface area (Å²) >= 11 is 1.22. The van der Waals surface area contributed by atoms with Gasteiger partial charge in [-0.15, -0.1) is 11.3 Å². The van der Waals surface area contributed by atoms with Gasteiger partial charge in [0.1, 0.15) is 17.2 Å². The minimum Gasteiger partial charge on any atom is -0.480 e. The zero-order valence-electron chi connectivity index (χ0n) is 12.8. The summed E-state index contributed by atoms with van der Waals surface area (Å²) < 4.78 is 0. The van der Waals surface area contributed by atoms with Gasteiger partial charge in [0, 0.05) is 29.6 Å². The summed E-state index contributed by atoms with van der Waals surface area (Å²) in [6, 6.07) is 5.86. The molecule has 1 amide bonds. The second-order valence-corrected chi connectivity index (χ2v) is 5.82. The average Bonchev–Trinajstić information content (AvgIpc) is 3.03. The molecule has 0 aliphatic carbocycles. The highest BCUT2D eigenvalue weighted by atomic mass is 32.1. The number of nitro groups is 1. The predicted molar refractivity (Wildman–Crippen MR) is 88.0 cm³/mol. The summed E-state index contributed by atoms with van der Waals surface area (Å²) in [6.07, 6.45) is 0.637. The van der Waals surface area contributed by atoms with Crippen molar-refractivity contribution in [1.82, 2.24) is 9.88 Å². The first-order valence-corrected chi connectivity index (χ1v) is 8.01. The van der Waals surface area contributed by atoms with Gasteiger partial charge in [0.25, 0.3) is 11.6 Å². The van der Waals surface area contributed by atoms with E-state index in [0.717, 1.165) is 0 Å². The molecule has 1 heterocycles. The van der Waals surface area contributed by atoms with Gasteiger partial charge in [-0.05, 0) is 18.6 Å². The van der Waals surface area contributed by atoms with Crippen molar-refractivity contribution in [3.05, 3.63) is 45.5 Å². The van der Waals surface area contributed by atoms with Gasteiger partial charge < -0.3 is 10.0 Å². The fraction of sp³-hybridized carbons (Fsp3) is 0.267. The van der Waals surface area contributed by atoms with Crippen LogP contribution in [-0.2, 0) is 4.79 Å². The number of benzene rings is 1. The molecule has 0 spiro atoms. The van der Waals surface area contributed by atoms with Crippen LogP contribution in [0.5, 0.6) is 0 Å². The Bertz CT molecular complexity index is 757. The number of hydrogen-bond donors (Lipinski definition) is 1. The van der Waals surface area contributed by atoms with Crippen molar-refractivity contribution in [3.63, 3.8) is 0 Å². The Balaban J connectivity index is 2.20. The number of carbonyl (C=O) groups excluding carboxylic acids is 1. The molecule has 8 nitrogen and oxygen atoms in total. The Morgan fingerprint density at radius 3 is 2.54 bits per heavy atom. The number of hydrogen-bond acceptors (Lipinski definition) is 6. The number of carboxylic acids is 1. The molecule has 0 saturated carbocycles. The van der Waals surface area contributed by atoms with Gasteiger partial charge in [-0.1, -0.05) is 6.92 Å². The zero-order valence-corrected chi connectivity index (χ0v) is 13.7. The summed E-state index contributed by atoms with van der Waals surface area (Å²) in [5.41, 5.74) is 0.801. The van der Waals surface area contributed by atoms with Gasteiger partial charge >= 0.3 is 5.97 Å². The summed E-state index contributed by atoms with van der Waals surface area (Å²) in [4.78, 5) is 38.9. The Labute approximate surface area is 141 Å². The van der Waals surface area contributed by atoms with E-state index in [1.807, 2.05) is 6.92 Å². The van der Waals surface area contributed by atoms with E-state index in [0.29, 0.717) is 23.5 Å². The predicted octanol–water partition coefficient (Wildman–Crippen LogP) is 2.66. The fourth-order valence-electron chi connectivity index (χ4n) is 2.08. The first kappa shape index (κ1) is 17.5. The van der Waals surface area contributed by atoms with Crippen LogP contribution in [0, 0.1) is 10.1 Å². The molecule has 2 aromatic rings. The molecule has 1 N–H and O–H groups in total. The molecule has 0 bridgehead atoms. The highest BCUT2D eigenvalue weighted by molar-refractivity contribution is 7.13. The number of nitro benzene ring substituents is 1. The van der Waals surface area contributed by atoms with E-state index < -0.39 is 16.8 Å². The Morgan fingerprint density at radius 1 is 1.33 bits per heavy atom. The van der Waals surface area contributed by atoms with Crippen molar-refractivity contribution in [2.45, 2.75) is 13.3 Å². The second-order valence-electron chi connectivity index (χ2n) is 4.96. The van der Waals surface area contributed by atoms with E-state index in [1.165, 1.54) is 28.4 Å². The van der Waals surface area contributed by atoms with Crippen LogP contribution < -0.4 is 0 Å². The van der Waals surface area contributed by atoms with Crippen LogP contribution in [0.25, 0.3) is 10.6 Å². The smallest absolute Gasteiger partial charge is 0.323 e. The zero-order chi connectivity index (χ0) is 17.7. The number of non-ortho nitro benzene ring substituents is 1. The first-order valence-electron chi connectivity index (χ1n) is 7.13. The number of carbonyl (C=O) groups is 2. The standard InChI is InChI=1S/C15H15N3O5S/c1-2-7-17(8-13(19)20)15(21)12-9-24-14(16-12)10-3-5-11(6-4-10)18(22)23/h3-6,9H,2,7-8H2,1H3,(H,19,20). The summed E-state index contributed by atoms with van der Waals surface area (Å²) in [6.45, 7) is 1.80. The van der Waals surface area contributed by atoms with Crippen LogP contribution in [0.15, 0.2) is 29.6 Å². The first-order chi connectivity index (χ1) is 11.4. The molecule has 0 unspecified atom stereocenters. The van der Waals surface area contributed by atoms with Crippen molar-refractivity contribution < 1.29 is 19.6 Å². The summed E-state index contributed by atoms with van der Waals surface area (Å²) in [5.74, 6) is -1.52. The fourth-order valence-corrected chi connectivity index (χ4v) is 2.88. The average molecular weight is 349 g/mol. The monoisotopic (exact) mass is 349 g/mol. The second kappa shape index (κ2) is 7.64. The topological polar surface area (TPSA) is 114 Å². The lowest BCUT2D eigenvalue weighted by Crippen LogP contribution is -2.36. The maximum absolute atomic E-state index is 12.4. The molecular weight excluding hydrogens is 334 g/mol. The molecule has 0 saturated heterocycles. The third-order valence-corrected chi connectivity index (χ3v) is 4.05. The van der Waals surface area contributed by atoms with Gasteiger partial charge in [-0.3, -0.25) is 19.7 Å². The molecule has 0 radical (unpaired) electrons. The Morgan fingerprint density at radius 2 is 2.00 bits per heavy atom. The molecule has 1 aromatic carbocycles. The molecule has 9 heteroatoms. The molecule has 1 aromatic heterocycles. The van der Waals surface area contributed by atoms with Crippen molar-refractivity contribution in [2.75, 3.05) is 13.1 Å². The van der Waals surface area contributed by atoms with Gasteiger partial charge in [0.15, 0.2) is 0 Å². The van der Waals surface area contributed by atoms with Crippen LogP contribution >= 0.6 is 11.3 Å². The van der Waals surface area contributed by atoms with Crippen molar-refractivity contribution in [1.29, 1.82) is 0 Å². The van der Waals surface area contributed by atoms with Gasteiger partial charge in [-0.25, -0.2) is 4.98 Å². The molecule has 0 aliphatic heterocycles. The number of aliphatic carboxylic acids is 1. The van der Waals surface area contributed by atoms with Crippen LogP contribution in [0.2, 0.25) is 0 Å². The maximum atomic E-state index is 12.4.